The Morgan fingerprint density at radius 1 is 1.21 bits per heavy atom. The highest BCUT2D eigenvalue weighted by molar-refractivity contribution is 7.98. The molecule has 1 aromatic carbocycles. The molecule has 0 spiro atoms. The molecule has 2 heterocycles. The van der Waals surface area contributed by atoms with Crippen molar-refractivity contribution in [2.45, 2.75) is 30.2 Å². The minimum absolute atomic E-state index is 0. The molecular formula is C17H24ClN3O2S. The molecule has 132 valence electrons. The van der Waals surface area contributed by atoms with Gasteiger partial charge in [-0.2, -0.15) is 0 Å². The summed E-state index contributed by atoms with van der Waals surface area (Å²) in [5.74, 6) is -0.0838. The third-order valence-corrected chi connectivity index (χ3v) is 5.45. The Morgan fingerprint density at radius 3 is 2.42 bits per heavy atom. The summed E-state index contributed by atoms with van der Waals surface area (Å²) in [5, 5.41) is 0. The van der Waals surface area contributed by atoms with Crippen molar-refractivity contribution in [1.29, 1.82) is 0 Å². The van der Waals surface area contributed by atoms with Gasteiger partial charge in [-0.15, -0.1) is 24.2 Å². The maximum absolute atomic E-state index is 12.6. The summed E-state index contributed by atoms with van der Waals surface area (Å²) in [5.41, 5.74) is 6.77. The zero-order valence-electron chi connectivity index (χ0n) is 13.8. The van der Waals surface area contributed by atoms with E-state index in [9.17, 15) is 9.59 Å². The van der Waals surface area contributed by atoms with Crippen molar-refractivity contribution in [3.8, 4) is 0 Å². The lowest BCUT2D eigenvalue weighted by Crippen LogP contribution is -2.45. The number of anilines is 1. The fourth-order valence-electron chi connectivity index (χ4n) is 3.26. The highest BCUT2D eigenvalue weighted by Gasteiger charge is 2.37. The molecule has 0 aromatic heterocycles. The molecule has 3 rings (SSSR count). The molecule has 24 heavy (non-hydrogen) atoms. The van der Waals surface area contributed by atoms with Gasteiger partial charge in [-0.1, -0.05) is 0 Å². The second-order valence-electron chi connectivity index (χ2n) is 6.27. The summed E-state index contributed by atoms with van der Waals surface area (Å²) in [6, 6.07) is 8.13. The number of hydrogen-bond acceptors (Lipinski definition) is 4. The molecule has 0 radical (unpaired) electrons. The van der Waals surface area contributed by atoms with Crippen molar-refractivity contribution in [3.05, 3.63) is 24.3 Å². The second-order valence-corrected chi connectivity index (χ2v) is 7.15. The van der Waals surface area contributed by atoms with Crippen LogP contribution in [-0.4, -0.2) is 48.6 Å². The monoisotopic (exact) mass is 369 g/mol. The summed E-state index contributed by atoms with van der Waals surface area (Å²) in [7, 11) is 0. The third kappa shape index (κ3) is 4.05. The van der Waals surface area contributed by atoms with Crippen molar-refractivity contribution in [1.82, 2.24) is 4.90 Å². The van der Waals surface area contributed by atoms with Crippen LogP contribution in [-0.2, 0) is 9.59 Å². The van der Waals surface area contributed by atoms with Gasteiger partial charge in [0, 0.05) is 42.7 Å². The Hall–Kier alpha value is -1.24. The van der Waals surface area contributed by atoms with Gasteiger partial charge in [-0.05, 0) is 43.4 Å². The van der Waals surface area contributed by atoms with Crippen molar-refractivity contribution in [2.75, 3.05) is 30.8 Å². The topological polar surface area (TPSA) is 66.6 Å². The van der Waals surface area contributed by atoms with Gasteiger partial charge in [0.25, 0.3) is 0 Å². The average Bonchev–Trinajstić information content (AvgIpc) is 2.97. The Balaban J connectivity index is 0.00000208. The van der Waals surface area contributed by atoms with Crippen LogP contribution in [0.4, 0.5) is 5.69 Å². The fraction of sp³-hybridized carbons (Fsp3) is 0.529. The number of benzene rings is 1. The van der Waals surface area contributed by atoms with E-state index in [1.54, 1.807) is 16.7 Å². The first-order valence-electron chi connectivity index (χ1n) is 8.07. The molecule has 0 aliphatic carbocycles. The van der Waals surface area contributed by atoms with Crippen molar-refractivity contribution >= 4 is 41.7 Å². The highest BCUT2D eigenvalue weighted by Crippen LogP contribution is 2.28. The maximum atomic E-state index is 12.6. The average molecular weight is 370 g/mol. The molecule has 5 nitrogen and oxygen atoms in total. The second kappa shape index (κ2) is 8.23. The van der Waals surface area contributed by atoms with E-state index < -0.39 is 0 Å². The molecule has 7 heteroatoms. The van der Waals surface area contributed by atoms with E-state index in [1.807, 2.05) is 35.4 Å². The first-order valence-corrected chi connectivity index (χ1v) is 9.29. The number of piperidine rings is 1. The third-order valence-electron chi connectivity index (χ3n) is 4.71. The van der Waals surface area contributed by atoms with Crippen LogP contribution >= 0.6 is 24.2 Å². The quantitative estimate of drug-likeness (QED) is 0.829. The molecule has 2 fully saturated rings. The largest absolute Gasteiger partial charge is 0.342 e. The number of halogens is 1. The van der Waals surface area contributed by atoms with Crippen LogP contribution in [0.5, 0.6) is 0 Å². The van der Waals surface area contributed by atoms with Crippen molar-refractivity contribution < 1.29 is 9.59 Å². The van der Waals surface area contributed by atoms with Crippen LogP contribution in [0.1, 0.15) is 19.3 Å². The maximum Gasteiger partial charge on any atom is 0.228 e. The van der Waals surface area contributed by atoms with Gasteiger partial charge in [0.15, 0.2) is 0 Å². The molecule has 0 saturated carbocycles. The van der Waals surface area contributed by atoms with E-state index in [-0.39, 0.29) is 36.2 Å². The van der Waals surface area contributed by atoms with E-state index in [0.29, 0.717) is 26.1 Å². The molecular weight excluding hydrogens is 346 g/mol. The molecule has 1 atom stereocenters. The Morgan fingerprint density at radius 2 is 1.83 bits per heavy atom. The van der Waals surface area contributed by atoms with E-state index in [1.165, 1.54) is 0 Å². The van der Waals surface area contributed by atoms with E-state index >= 15 is 0 Å². The summed E-state index contributed by atoms with van der Waals surface area (Å²) >= 11 is 1.67. The predicted octanol–water partition coefficient (Wildman–Crippen LogP) is 2.13. The van der Waals surface area contributed by atoms with Crippen LogP contribution < -0.4 is 10.6 Å². The van der Waals surface area contributed by atoms with E-state index in [0.717, 1.165) is 23.4 Å². The minimum Gasteiger partial charge on any atom is -0.342 e. The summed E-state index contributed by atoms with van der Waals surface area (Å²) in [4.78, 5) is 29.7. The summed E-state index contributed by atoms with van der Waals surface area (Å²) in [6.07, 6.45) is 4.04. The Kier molecular flexibility index (Phi) is 6.54. The number of rotatable bonds is 3. The van der Waals surface area contributed by atoms with E-state index in [4.69, 9.17) is 5.73 Å². The standard InChI is InChI=1S/C17H23N3O2S.ClH/c1-23-15-4-2-14(3-5-15)20-11-12(10-16(20)21)17(22)19-8-6-13(18)7-9-19;/h2-5,12-13H,6-11,18H2,1H3;1H. The molecule has 2 aliphatic rings. The number of nitrogens with two attached hydrogens (primary N) is 1. The zero-order chi connectivity index (χ0) is 16.4. The molecule has 0 bridgehead atoms. The molecule has 1 aromatic rings. The number of amides is 2. The molecule has 2 N–H and O–H groups in total. The Bertz CT molecular complexity index is 588. The lowest BCUT2D eigenvalue weighted by molar-refractivity contribution is -0.136. The fourth-order valence-corrected chi connectivity index (χ4v) is 3.67. The molecule has 2 saturated heterocycles. The van der Waals surface area contributed by atoms with Crippen molar-refractivity contribution in [3.63, 3.8) is 0 Å². The van der Waals surface area contributed by atoms with Gasteiger partial charge < -0.3 is 15.5 Å². The smallest absolute Gasteiger partial charge is 0.228 e. The number of thioether (sulfide) groups is 1. The first kappa shape index (κ1) is 19.1. The molecule has 2 aliphatic heterocycles. The van der Waals surface area contributed by atoms with Gasteiger partial charge in [0.2, 0.25) is 11.8 Å². The Labute approximate surface area is 153 Å². The number of carbonyl (C=O) groups excluding carboxylic acids is 2. The number of likely N-dealkylation sites (tertiary alicyclic amines) is 1. The zero-order valence-corrected chi connectivity index (χ0v) is 15.4. The van der Waals surface area contributed by atoms with Gasteiger partial charge in [-0.3, -0.25) is 9.59 Å². The first-order chi connectivity index (χ1) is 11.1. The number of nitrogens with zero attached hydrogens (tertiary/aromatic N) is 2. The van der Waals surface area contributed by atoms with Crippen LogP contribution in [0.15, 0.2) is 29.2 Å². The number of carbonyl (C=O) groups is 2. The normalized spacial score (nSPS) is 21.8. The highest BCUT2D eigenvalue weighted by atomic mass is 35.5. The van der Waals surface area contributed by atoms with Crippen molar-refractivity contribution in [2.24, 2.45) is 11.7 Å². The van der Waals surface area contributed by atoms with Crippen LogP contribution in [0.25, 0.3) is 0 Å². The molecule has 1 unspecified atom stereocenters. The van der Waals surface area contributed by atoms with Crippen LogP contribution in [0.2, 0.25) is 0 Å². The summed E-state index contributed by atoms with van der Waals surface area (Å²) < 4.78 is 0. The predicted molar refractivity (Wildman–Crippen MR) is 99.7 cm³/mol. The van der Waals surface area contributed by atoms with Gasteiger partial charge in [-0.25, -0.2) is 0 Å². The van der Waals surface area contributed by atoms with E-state index in [2.05, 4.69) is 0 Å². The lowest BCUT2D eigenvalue weighted by Gasteiger charge is -2.31. The van der Waals surface area contributed by atoms with Gasteiger partial charge in [0.1, 0.15) is 0 Å². The summed E-state index contributed by atoms with van der Waals surface area (Å²) in [6.45, 7) is 1.92. The van der Waals surface area contributed by atoms with Gasteiger partial charge in [0.05, 0.1) is 5.92 Å². The SMILES string of the molecule is CSc1ccc(N2CC(C(=O)N3CCC(N)CC3)CC2=O)cc1.Cl. The van der Waals surface area contributed by atoms with Gasteiger partial charge >= 0.3 is 0 Å². The van der Waals surface area contributed by atoms with Crippen LogP contribution in [0, 0.1) is 5.92 Å². The lowest BCUT2D eigenvalue weighted by atomic mass is 10.0. The molecule has 2 amide bonds. The number of hydrogen-bond donors (Lipinski definition) is 1. The minimum atomic E-state index is -0.225. The van der Waals surface area contributed by atoms with Crippen LogP contribution in [0.3, 0.4) is 0 Å².